The van der Waals surface area contributed by atoms with E-state index >= 15 is 0 Å². The van der Waals surface area contributed by atoms with Crippen LogP contribution in [-0.4, -0.2) is 6.61 Å². The summed E-state index contributed by atoms with van der Waals surface area (Å²) in [6.45, 7) is 4.63. The minimum Gasteiger partial charge on any atom is -0.491 e. The summed E-state index contributed by atoms with van der Waals surface area (Å²) in [6.07, 6.45) is 7.22. The molecule has 1 aromatic carbocycles. The van der Waals surface area contributed by atoms with Crippen LogP contribution >= 0.6 is 0 Å². The smallest absolute Gasteiger partial charge is 0.165 e. The zero-order valence-corrected chi connectivity index (χ0v) is 12.1. The average molecular weight is 267 g/mol. The molecule has 0 unspecified atom stereocenters. The summed E-state index contributed by atoms with van der Waals surface area (Å²) < 4.78 is 19.2. The lowest BCUT2D eigenvalue weighted by Crippen LogP contribution is -2.06. The van der Waals surface area contributed by atoms with Crippen molar-refractivity contribution in [1.82, 2.24) is 0 Å². The maximum Gasteiger partial charge on any atom is 0.165 e. The Morgan fingerprint density at radius 1 is 1.16 bits per heavy atom. The zero-order chi connectivity index (χ0) is 14.1. The van der Waals surface area contributed by atoms with Gasteiger partial charge in [0.25, 0.3) is 0 Å². The number of halogens is 1. The number of hydrogen-bond acceptors (Lipinski definition) is 2. The molecule has 2 nitrogen and oxygen atoms in total. The van der Waals surface area contributed by atoms with Crippen LogP contribution in [0.25, 0.3) is 0 Å². The largest absolute Gasteiger partial charge is 0.491 e. The Balaban J connectivity index is 2.26. The highest BCUT2D eigenvalue weighted by Gasteiger charge is 2.07. The van der Waals surface area contributed by atoms with Gasteiger partial charge in [-0.15, -0.1) is 0 Å². The Kier molecular flexibility index (Phi) is 7.49. The summed E-state index contributed by atoms with van der Waals surface area (Å²) in [5.41, 5.74) is 6.50. The molecule has 0 amide bonds. The van der Waals surface area contributed by atoms with Crippen molar-refractivity contribution >= 4 is 0 Å². The number of ether oxygens (including phenoxy) is 1. The quantitative estimate of drug-likeness (QED) is 0.664. The van der Waals surface area contributed by atoms with Gasteiger partial charge in [-0.2, -0.15) is 0 Å². The number of benzene rings is 1. The minimum atomic E-state index is -0.319. The molecule has 19 heavy (non-hydrogen) atoms. The van der Waals surface area contributed by atoms with Gasteiger partial charge in [0.15, 0.2) is 11.6 Å². The molecule has 108 valence electrons. The number of nitrogens with two attached hydrogens (primary N) is 1. The average Bonchev–Trinajstić information content (AvgIpc) is 2.39. The normalized spacial score (nSPS) is 12.4. The van der Waals surface area contributed by atoms with E-state index in [-0.39, 0.29) is 11.9 Å². The van der Waals surface area contributed by atoms with Crippen molar-refractivity contribution in [3.63, 3.8) is 0 Å². The molecule has 2 N–H and O–H groups in total. The van der Waals surface area contributed by atoms with Gasteiger partial charge < -0.3 is 10.5 Å². The van der Waals surface area contributed by atoms with Gasteiger partial charge in [-0.1, -0.05) is 45.1 Å². The first-order valence-corrected chi connectivity index (χ1v) is 7.33. The minimum absolute atomic E-state index is 0.151. The van der Waals surface area contributed by atoms with Crippen molar-refractivity contribution in [3.05, 3.63) is 29.6 Å². The van der Waals surface area contributed by atoms with Crippen LogP contribution in [0.3, 0.4) is 0 Å². The summed E-state index contributed by atoms with van der Waals surface area (Å²) in [6, 6.07) is 4.80. The molecule has 0 spiro atoms. The predicted molar refractivity (Wildman–Crippen MR) is 77.9 cm³/mol. The molecule has 0 heterocycles. The molecule has 1 atom stereocenters. The van der Waals surface area contributed by atoms with Crippen molar-refractivity contribution < 1.29 is 9.13 Å². The van der Waals surface area contributed by atoms with E-state index in [1.165, 1.54) is 31.7 Å². The van der Waals surface area contributed by atoms with Crippen LogP contribution in [0, 0.1) is 5.82 Å². The molecular formula is C16H26FNO. The van der Waals surface area contributed by atoms with E-state index < -0.39 is 0 Å². The first-order valence-electron chi connectivity index (χ1n) is 7.33. The highest BCUT2D eigenvalue weighted by Crippen LogP contribution is 2.21. The second-order valence-corrected chi connectivity index (χ2v) is 5.09. The van der Waals surface area contributed by atoms with E-state index in [1.54, 1.807) is 6.07 Å². The number of rotatable bonds is 9. The third kappa shape index (κ3) is 6.06. The van der Waals surface area contributed by atoms with Gasteiger partial charge in [-0.05, 0) is 31.0 Å². The summed E-state index contributed by atoms with van der Waals surface area (Å²) >= 11 is 0. The highest BCUT2D eigenvalue weighted by molar-refractivity contribution is 5.30. The lowest BCUT2D eigenvalue weighted by Gasteiger charge is -2.10. The van der Waals surface area contributed by atoms with E-state index in [4.69, 9.17) is 10.5 Å². The van der Waals surface area contributed by atoms with Crippen molar-refractivity contribution in [1.29, 1.82) is 0 Å². The third-order valence-electron chi connectivity index (χ3n) is 3.24. The molecule has 0 aliphatic carbocycles. The van der Waals surface area contributed by atoms with E-state index in [9.17, 15) is 4.39 Å². The summed E-state index contributed by atoms with van der Waals surface area (Å²) in [5, 5.41) is 0. The zero-order valence-electron chi connectivity index (χ0n) is 12.1. The Morgan fingerprint density at radius 3 is 2.47 bits per heavy atom. The highest BCUT2D eigenvalue weighted by atomic mass is 19.1. The van der Waals surface area contributed by atoms with Crippen LogP contribution in [0.15, 0.2) is 18.2 Å². The van der Waals surface area contributed by atoms with Crippen LogP contribution in [-0.2, 0) is 0 Å². The van der Waals surface area contributed by atoms with Crippen LogP contribution in [0.1, 0.15) is 64.0 Å². The van der Waals surface area contributed by atoms with Crippen LogP contribution in [0.4, 0.5) is 4.39 Å². The molecule has 1 aromatic rings. The van der Waals surface area contributed by atoms with Crippen molar-refractivity contribution in [3.8, 4) is 5.75 Å². The Morgan fingerprint density at radius 2 is 1.84 bits per heavy atom. The lowest BCUT2D eigenvalue weighted by atomic mass is 10.1. The fraction of sp³-hybridized carbons (Fsp3) is 0.625. The van der Waals surface area contributed by atoms with Gasteiger partial charge in [0, 0.05) is 6.04 Å². The summed E-state index contributed by atoms with van der Waals surface area (Å²) in [4.78, 5) is 0. The summed E-state index contributed by atoms with van der Waals surface area (Å²) in [7, 11) is 0. The first-order chi connectivity index (χ1) is 9.15. The Labute approximate surface area is 116 Å². The Bertz CT molecular complexity index is 366. The first kappa shape index (κ1) is 16.0. The van der Waals surface area contributed by atoms with Gasteiger partial charge in [-0.3, -0.25) is 0 Å². The third-order valence-corrected chi connectivity index (χ3v) is 3.24. The molecule has 0 aliphatic rings. The Hall–Kier alpha value is -1.09. The van der Waals surface area contributed by atoms with Crippen LogP contribution in [0.2, 0.25) is 0 Å². The molecule has 0 fully saturated rings. The fourth-order valence-corrected chi connectivity index (χ4v) is 1.98. The predicted octanol–water partition coefficient (Wildman–Crippen LogP) is 4.58. The molecule has 0 bridgehead atoms. The van der Waals surface area contributed by atoms with Gasteiger partial charge in [0.05, 0.1) is 6.61 Å². The van der Waals surface area contributed by atoms with E-state index in [1.807, 2.05) is 13.0 Å². The molecule has 1 rings (SSSR count). The van der Waals surface area contributed by atoms with Gasteiger partial charge in [0.2, 0.25) is 0 Å². The molecule has 0 aliphatic heterocycles. The summed E-state index contributed by atoms with van der Waals surface area (Å²) in [5.74, 6) is 0.0127. The molecular weight excluding hydrogens is 241 g/mol. The number of hydrogen-bond donors (Lipinski definition) is 1. The molecule has 0 saturated carbocycles. The maximum atomic E-state index is 13.7. The van der Waals surface area contributed by atoms with Crippen LogP contribution < -0.4 is 10.5 Å². The molecule has 0 aromatic heterocycles. The standard InChI is InChI=1S/C16H26FNO/c1-3-4-5-6-7-8-11-19-16-10-9-14(13(2)18)12-15(16)17/h9-10,12-13H,3-8,11,18H2,1-2H3/t13-/m0/s1. The lowest BCUT2D eigenvalue weighted by molar-refractivity contribution is 0.290. The van der Waals surface area contributed by atoms with Crippen molar-refractivity contribution in [2.24, 2.45) is 5.73 Å². The van der Waals surface area contributed by atoms with Crippen molar-refractivity contribution in [2.45, 2.75) is 58.4 Å². The second kappa shape index (κ2) is 8.92. The van der Waals surface area contributed by atoms with Crippen molar-refractivity contribution in [2.75, 3.05) is 6.61 Å². The fourth-order valence-electron chi connectivity index (χ4n) is 1.98. The monoisotopic (exact) mass is 267 g/mol. The molecule has 0 saturated heterocycles. The van der Waals surface area contributed by atoms with E-state index in [0.717, 1.165) is 18.4 Å². The number of unbranched alkanes of at least 4 members (excludes halogenated alkanes) is 5. The van der Waals surface area contributed by atoms with Gasteiger partial charge >= 0.3 is 0 Å². The molecule has 3 heteroatoms. The topological polar surface area (TPSA) is 35.2 Å². The van der Waals surface area contributed by atoms with Gasteiger partial charge in [0.1, 0.15) is 0 Å². The maximum absolute atomic E-state index is 13.7. The second-order valence-electron chi connectivity index (χ2n) is 5.09. The van der Waals surface area contributed by atoms with E-state index in [0.29, 0.717) is 12.4 Å². The van der Waals surface area contributed by atoms with E-state index in [2.05, 4.69) is 6.92 Å². The SMILES string of the molecule is CCCCCCCCOc1ccc([C@H](C)N)cc1F. The van der Waals surface area contributed by atoms with Gasteiger partial charge in [-0.25, -0.2) is 4.39 Å². The van der Waals surface area contributed by atoms with Crippen LogP contribution in [0.5, 0.6) is 5.75 Å². The molecule has 0 radical (unpaired) electrons.